The second-order valence-electron chi connectivity index (χ2n) is 14.6. The Bertz CT molecular complexity index is 871. The van der Waals surface area contributed by atoms with E-state index >= 15 is 0 Å². The number of unbranched alkanes of at least 4 members (excludes halogenated alkanes) is 26. The van der Waals surface area contributed by atoms with E-state index in [4.69, 9.17) is 24.3 Å². The smallest absolute Gasteiger partial charge is 0.462 e. The maximum absolute atomic E-state index is 12.6. The lowest BCUT2D eigenvalue weighted by Crippen LogP contribution is -2.29. The van der Waals surface area contributed by atoms with Crippen LogP contribution in [0.2, 0.25) is 0 Å². The first-order chi connectivity index (χ1) is 25.3. The highest BCUT2D eigenvalue weighted by molar-refractivity contribution is 7.47. The van der Waals surface area contributed by atoms with Crippen LogP contribution in [-0.2, 0) is 32.7 Å². The number of phosphoric acid groups is 1. The van der Waals surface area contributed by atoms with E-state index in [0.29, 0.717) is 6.42 Å². The topological polar surface area (TPSA) is 134 Å². The summed E-state index contributed by atoms with van der Waals surface area (Å²) in [5.41, 5.74) is 5.34. The van der Waals surface area contributed by atoms with Gasteiger partial charge in [0.25, 0.3) is 0 Å². The molecule has 0 saturated heterocycles. The number of hydrogen-bond acceptors (Lipinski definition) is 8. The molecule has 0 rings (SSSR count). The molecular formula is C42H82NO8P. The highest BCUT2D eigenvalue weighted by Crippen LogP contribution is 2.43. The first-order valence-corrected chi connectivity index (χ1v) is 23.2. The predicted octanol–water partition coefficient (Wildman–Crippen LogP) is 12.2. The molecule has 308 valence electrons. The van der Waals surface area contributed by atoms with Crippen molar-refractivity contribution < 1.29 is 37.6 Å². The average Bonchev–Trinajstić information content (AvgIpc) is 3.13. The quantitative estimate of drug-likeness (QED) is 0.0270. The summed E-state index contributed by atoms with van der Waals surface area (Å²) in [6.07, 6.45) is 39.5. The lowest BCUT2D eigenvalue weighted by Gasteiger charge is -2.19. The van der Waals surface area contributed by atoms with Crippen molar-refractivity contribution in [2.45, 2.75) is 219 Å². The van der Waals surface area contributed by atoms with Gasteiger partial charge in [0.05, 0.1) is 13.2 Å². The molecule has 0 heterocycles. The molecule has 0 saturated carbocycles. The zero-order chi connectivity index (χ0) is 38.2. The summed E-state index contributed by atoms with van der Waals surface area (Å²) in [5, 5.41) is 0. The zero-order valence-electron chi connectivity index (χ0n) is 33.8. The molecule has 0 aromatic heterocycles. The monoisotopic (exact) mass is 760 g/mol. The van der Waals surface area contributed by atoms with Crippen LogP contribution in [0.1, 0.15) is 213 Å². The van der Waals surface area contributed by atoms with Crippen LogP contribution in [0.15, 0.2) is 12.2 Å². The highest BCUT2D eigenvalue weighted by Gasteiger charge is 2.26. The lowest BCUT2D eigenvalue weighted by molar-refractivity contribution is -0.161. The number of carbonyl (C=O) groups is 2. The van der Waals surface area contributed by atoms with Crippen LogP contribution in [-0.4, -0.2) is 49.3 Å². The van der Waals surface area contributed by atoms with Crippen molar-refractivity contribution in [3.8, 4) is 0 Å². The first kappa shape index (κ1) is 50.8. The molecular weight excluding hydrogens is 677 g/mol. The molecule has 0 fully saturated rings. The molecule has 3 N–H and O–H groups in total. The fourth-order valence-corrected chi connectivity index (χ4v) is 6.92. The second-order valence-corrected chi connectivity index (χ2v) is 16.0. The molecule has 0 aliphatic rings. The number of phosphoric ester groups is 1. The van der Waals surface area contributed by atoms with Crippen molar-refractivity contribution >= 4 is 19.8 Å². The molecule has 0 aliphatic carbocycles. The third-order valence-electron chi connectivity index (χ3n) is 9.40. The Morgan fingerprint density at radius 3 is 1.38 bits per heavy atom. The summed E-state index contributed by atoms with van der Waals surface area (Å²) >= 11 is 0. The summed E-state index contributed by atoms with van der Waals surface area (Å²) < 4.78 is 32.8. The summed E-state index contributed by atoms with van der Waals surface area (Å²) in [4.78, 5) is 34.8. The van der Waals surface area contributed by atoms with Crippen molar-refractivity contribution in [3.63, 3.8) is 0 Å². The summed E-state index contributed by atoms with van der Waals surface area (Å²) in [7, 11) is -4.37. The minimum Gasteiger partial charge on any atom is -0.462 e. The predicted molar refractivity (Wildman–Crippen MR) is 215 cm³/mol. The fourth-order valence-electron chi connectivity index (χ4n) is 6.16. The molecule has 0 radical (unpaired) electrons. The molecule has 0 bridgehead atoms. The van der Waals surface area contributed by atoms with Crippen LogP contribution in [0.5, 0.6) is 0 Å². The molecule has 0 aliphatic heterocycles. The van der Waals surface area contributed by atoms with E-state index < -0.39 is 26.5 Å². The molecule has 0 spiro atoms. The molecule has 1 unspecified atom stereocenters. The molecule has 10 heteroatoms. The van der Waals surface area contributed by atoms with Gasteiger partial charge in [-0.05, 0) is 38.5 Å². The number of allylic oxidation sites excluding steroid dienone is 2. The number of ether oxygens (including phenoxy) is 2. The van der Waals surface area contributed by atoms with E-state index in [2.05, 4.69) is 26.0 Å². The van der Waals surface area contributed by atoms with Crippen LogP contribution in [0.4, 0.5) is 0 Å². The van der Waals surface area contributed by atoms with Crippen LogP contribution in [0, 0.1) is 0 Å². The van der Waals surface area contributed by atoms with Gasteiger partial charge in [-0.25, -0.2) is 4.57 Å². The number of hydrogen-bond donors (Lipinski definition) is 2. The largest absolute Gasteiger partial charge is 0.472 e. The Labute approximate surface area is 319 Å². The summed E-state index contributed by atoms with van der Waals surface area (Å²) in [5.74, 6) is -0.821. The number of esters is 2. The highest BCUT2D eigenvalue weighted by atomic mass is 31.2. The molecule has 0 aromatic rings. The van der Waals surface area contributed by atoms with Crippen molar-refractivity contribution in [3.05, 3.63) is 12.2 Å². The summed E-state index contributed by atoms with van der Waals surface area (Å²) in [6.45, 7) is 3.74. The Kier molecular flexibility index (Phi) is 38.5. The normalized spacial score (nSPS) is 13.4. The minimum atomic E-state index is -4.37. The Hall–Kier alpha value is -1.25. The Morgan fingerprint density at radius 1 is 0.558 bits per heavy atom. The van der Waals surface area contributed by atoms with Gasteiger partial charge in [-0.1, -0.05) is 174 Å². The summed E-state index contributed by atoms with van der Waals surface area (Å²) in [6, 6.07) is 0. The first-order valence-electron chi connectivity index (χ1n) is 21.7. The number of rotatable bonds is 41. The van der Waals surface area contributed by atoms with Gasteiger partial charge in [0.1, 0.15) is 6.61 Å². The van der Waals surface area contributed by atoms with Crippen molar-refractivity contribution in [1.82, 2.24) is 0 Å². The third kappa shape index (κ3) is 38.5. The van der Waals surface area contributed by atoms with Crippen LogP contribution < -0.4 is 5.73 Å². The number of carbonyl (C=O) groups excluding carboxylic acids is 2. The average molecular weight is 760 g/mol. The van der Waals surface area contributed by atoms with Crippen LogP contribution >= 0.6 is 7.82 Å². The van der Waals surface area contributed by atoms with Crippen molar-refractivity contribution in [1.29, 1.82) is 0 Å². The Morgan fingerprint density at radius 2 is 0.942 bits per heavy atom. The van der Waals surface area contributed by atoms with E-state index in [1.165, 1.54) is 141 Å². The van der Waals surface area contributed by atoms with Crippen LogP contribution in [0.25, 0.3) is 0 Å². The van der Waals surface area contributed by atoms with Gasteiger partial charge in [0.15, 0.2) is 6.10 Å². The fraction of sp³-hybridized carbons (Fsp3) is 0.905. The second kappa shape index (κ2) is 39.4. The maximum Gasteiger partial charge on any atom is 0.472 e. The minimum absolute atomic E-state index is 0.0559. The van der Waals surface area contributed by atoms with E-state index in [1.807, 2.05) is 0 Å². The molecule has 2 atom stereocenters. The SMILES string of the molecule is CCCCCC/C=C/CCCCCCCCCCCC(=O)O[C@H](COC(=O)CCCCCCCCCCCCCCCC)COP(=O)(O)OCCN. The van der Waals surface area contributed by atoms with E-state index in [0.717, 1.165) is 38.5 Å². The molecule has 0 amide bonds. The van der Waals surface area contributed by atoms with Gasteiger partial charge in [0, 0.05) is 19.4 Å². The molecule has 52 heavy (non-hydrogen) atoms. The van der Waals surface area contributed by atoms with Gasteiger partial charge < -0.3 is 20.1 Å². The van der Waals surface area contributed by atoms with Gasteiger partial charge in [0.2, 0.25) is 0 Å². The van der Waals surface area contributed by atoms with Crippen molar-refractivity contribution in [2.75, 3.05) is 26.4 Å². The zero-order valence-corrected chi connectivity index (χ0v) is 34.7. The van der Waals surface area contributed by atoms with Crippen molar-refractivity contribution in [2.24, 2.45) is 5.73 Å². The van der Waals surface area contributed by atoms with E-state index in [1.54, 1.807) is 0 Å². The van der Waals surface area contributed by atoms with Gasteiger partial charge in [-0.15, -0.1) is 0 Å². The third-order valence-corrected chi connectivity index (χ3v) is 10.4. The Balaban J connectivity index is 4.12. The number of nitrogens with two attached hydrogens (primary N) is 1. The van der Waals surface area contributed by atoms with E-state index in [9.17, 15) is 19.0 Å². The van der Waals surface area contributed by atoms with Gasteiger partial charge >= 0.3 is 19.8 Å². The molecule has 0 aromatic carbocycles. The van der Waals surface area contributed by atoms with Crippen LogP contribution in [0.3, 0.4) is 0 Å². The maximum atomic E-state index is 12.6. The van der Waals surface area contributed by atoms with Gasteiger partial charge in [-0.2, -0.15) is 0 Å². The standard InChI is InChI=1S/C42H82NO8P/c1-3-5-7-9-11-13-15-17-19-20-21-23-25-27-29-31-33-35-42(45)51-40(39-50-52(46,47)49-37-36-43)38-48-41(44)34-32-30-28-26-24-22-18-16-14-12-10-8-6-4-2/h13,15,40H,3-12,14,16-39,43H2,1-2H3,(H,46,47)/b15-13+/t40-/m1/s1. The van der Waals surface area contributed by atoms with E-state index in [-0.39, 0.29) is 38.6 Å². The molecule has 9 nitrogen and oxygen atoms in total. The van der Waals surface area contributed by atoms with Gasteiger partial charge in [-0.3, -0.25) is 18.6 Å². The lowest BCUT2D eigenvalue weighted by atomic mass is 10.0.